The Balaban J connectivity index is 1.47. The second kappa shape index (κ2) is 11.7. The Bertz CT molecular complexity index is 924. The topological polar surface area (TPSA) is 85.2 Å². The highest BCUT2D eigenvalue weighted by Gasteiger charge is 2.42. The minimum Gasteiger partial charge on any atom is -0.479 e. The first-order valence-electron chi connectivity index (χ1n) is 13.2. The average Bonchev–Trinajstić information content (AvgIpc) is 2.82. The largest absolute Gasteiger partial charge is 0.479 e. The fourth-order valence-corrected chi connectivity index (χ4v) is 5.80. The van der Waals surface area contributed by atoms with Crippen LogP contribution in [0.1, 0.15) is 57.9 Å². The third kappa shape index (κ3) is 6.54. The van der Waals surface area contributed by atoms with E-state index in [0.29, 0.717) is 44.0 Å². The maximum Gasteiger partial charge on any atom is 0.347 e. The number of fused-ring (bicyclic) bond motifs is 1. The third-order valence-electron chi connectivity index (χ3n) is 7.70. The lowest BCUT2D eigenvalue weighted by Gasteiger charge is -2.43. The van der Waals surface area contributed by atoms with Gasteiger partial charge in [0.15, 0.2) is 6.10 Å². The maximum absolute atomic E-state index is 13.2. The van der Waals surface area contributed by atoms with Crippen molar-refractivity contribution in [2.45, 2.75) is 89.8 Å². The summed E-state index contributed by atoms with van der Waals surface area (Å²) in [4.78, 5) is 13.2. The molecule has 0 saturated carbocycles. The van der Waals surface area contributed by atoms with E-state index in [1.165, 1.54) is 0 Å². The Morgan fingerprint density at radius 3 is 2.80 bits per heavy atom. The van der Waals surface area contributed by atoms with Crippen LogP contribution in [0.3, 0.4) is 0 Å². The van der Waals surface area contributed by atoms with Gasteiger partial charge in [0.2, 0.25) is 0 Å². The van der Waals surface area contributed by atoms with E-state index in [9.17, 15) is 15.0 Å². The zero-order valence-corrected chi connectivity index (χ0v) is 21.1. The summed E-state index contributed by atoms with van der Waals surface area (Å²) >= 11 is 0. The third-order valence-corrected chi connectivity index (χ3v) is 7.70. The molecule has 0 spiro atoms. The first kappa shape index (κ1) is 25.9. The summed E-state index contributed by atoms with van der Waals surface area (Å²) in [6.45, 7) is 6.70. The average molecular weight is 485 g/mol. The van der Waals surface area contributed by atoms with Crippen molar-refractivity contribution >= 4 is 5.97 Å². The van der Waals surface area contributed by atoms with Gasteiger partial charge in [0.25, 0.3) is 0 Å². The molecule has 1 fully saturated rings. The van der Waals surface area contributed by atoms with Crippen molar-refractivity contribution in [2.75, 3.05) is 6.61 Å². The summed E-state index contributed by atoms with van der Waals surface area (Å²) in [5.74, 6) is 0.865. The van der Waals surface area contributed by atoms with E-state index in [-0.39, 0.29) is 30.0 Å². The van der Waals surface area contributed by atoms with Crippen LogP contribution in [-0.2, 0) is 14.3 Å². The lowest BCUT2D eigenvalue weighted by molar-refractivity contribution is -0.163. The van der Waals surface area contributed by atoms with Gasteiger partial charge in [0.1, 0.15) is 11.9 Å². The standard InChI is InChI=1S/C29H40O6/c1-4-26(34-24-7-5-6-18(2)14-24)29(32)35-27-17-22(31)15-20-9-8-19(3)25(28(20)27)11-10-23-16-21(30)12-13-33-23/h5-9,14-15,19,21-23,25-28,30-31H,4,10-13,16-17H2,1-3H3/t19-,21+,22+,23+,25-,26?,27-,28-/m0/s1. The number of benzene rings is 1. The zero-order valence-electron chi connectivity index (χ0n) is 21.1. The molecule has 35 heavy (non-hydrogen) atoms. The first-order chi connectivity index (χ1) is 16.8. The molecule has 0 amide bonds. The molecule has 6 heteroatoms. The second-order valence-corrected chi connectivity index (χ2v) is 10.4. The molecule has 1 unspecified atom stereocenters. The number of carbonyl (C=O) groups excluding carboxylic acids is 1. The van der Waals surface area contributed by atoms with E-state index in [1.54, 1.807) is 0 Å². The summed E-state index contributed by atoms with van der Waals surface area (Å²) < 4.78 is 18.0. The number of aliphatic hydroxyl groups is 2. The summed E-state index contributed by atoms with van der Waals surface area (Å²) in [6.07, 6.45) is 8.23. The lowest BCUT2D eigenvalue weighted by Crippen LogP contribution is -2.44. The summed E-state index contributed by atoms with van der Waals surface area (Å²) in [5.41, 5.74) is 2.11. The van der Waals surface area contributed by atoms with E-state index in [0.717, 1.165) is 24.0 Å². The Labute approximate surface area is 209 Å². The highest BCUT2D eigenvalue weighted by atomic mass is 16.6. The molecule has 4 rings (SSSR count). The number of allylic oxidation sites excluding steroid dienone is 2. The molecule has 1 aromatic rings. The fraction of sp³-hybridized carbons (Fsp3) is 0.621. The Morgan fingerprint density at radius 2 is 2.06 bits per heavy atom. The molecule has 1 aliphatic heterocycles. The highest BCUT2D eigenvalue weighted by molar-refractivity contribution is 5.75. The molecule has 8 atom stereocenters. The molecule has 0 bridgehead atoms. The van der Waals surface area contributed by atoms with E-state index in [1.807, 2.05) is 44.2 Å². The molecule has 0 aromatic heterocycles. The summed E-state index contributed by atoms with van der Waals surface area (Å²) in [7, 11) is 0. The van der Waals surface area contributed by atoms with Crippen LogP contribution >= 0.6 is 0 Å². The van der Waals surface area contributed by atoms with Crippen LogP contribution in [0.2, 0.25) is 0 Å². The van der Waals surface area contributed by atoms with Gasteiger partial charge in [-0.2, -0.15) is 0 Å². The van der Waals surface area contributed by atoms with Gasteiger partial charge in [-0.15, -0.1) is 0 Å². The van der Waals surface area contributed by atoms with Crippen LogP contribution in [-0.4, -0.2) is 53.3 Å². The van der Waals surface area contributed by atoms with Crippen molar-refractivity contribution in [3.05, 3.63) is 53.6 Å². The maximum atomic E-state index is 13.2. The number of esters is 1. The summed E-state index contributed by atoms with van der Waals surface area (Å²) in [5, 5.41) is 20.6. The van der Waals surface area contributed by atoms with E-state index < -0.39 is 18.3 Å². The van der Waals surface area contributed by atoms with Crippen LogP contribution in [0, 0.1) is 24.7 Å². The van der Waals surface area contributed by atoms with Crippen molar-refractivity contribution in [1.82, 2.24) is 0 Å². The SMILES string of the molecule is CCC(Oc1cccc(C)c1)C(=O)O[C@H]1C[C@H](O)C=C2C=C[C@H](C)[C@H](CC[C@@H]3C[C@H](O)CCO3)[C@H]21. The van der Waals surface area contributed by atoms with Gasteiger partial charge in [-0.1, -0.05) is 44.2 Å². The lowest BCUT2D eigenvalue weighted by atomic mass is 9.66. The van der Waals surface area contributed by atoms with Gasteiger partial charge in [-0.25, -0.2) is 4.79 Å². The molecular formula is C29H40O6. The molecular weight excluding hydrogens is 444 g/mol. The molecule has 1 saturated heterocycles. The fourth-order valence-electron chi connectivity index (χ4n) is 5.80. The number of rotatable bonds is 8. The van der Waals surface area contributed by atoms with Crippen LogP contribution < -0.4 is 4.74 Å². The van der Waals surface area contributed by atoms with Gasteiger partial charge in [-0.3, -0.25) is 0 Å². The molecule has 1 aromatic carbocycles. The number of aliphatic hydroxyl groups excluding tert-OH is 2. The van der Waals surface area contributed by atoms with Gasteiger partial charge in [0, 0.05) is 18.9 Å². The Hall–Kier alpha value is -2.15. The predicted molar refractivity (Wildman–Crippen MR) is 134 cm³/mol. The highest BCUT2D eigenvalue weighted by Crippen LogP contribution is 2.44. The molecule has 2 N–H and O–H groups in total. The Kier molecular flexibility index (Phi) is 8.68. The minimum atomic E-state index is -0.699. The monoisotopic (exact) mass is 484 g/mol. The van der Waals surface area contributed by atoms with Crippen LogP contribution in [0.4, 0.5) is 0 Å². The molecule has 0 radical (unpaired) electrons. The minimum absolute atomic E-state index is 0.0207. The van der Waals surface area contributed by atoms with E-state index >= 15 is 0 Å². The number of hydrogen-bond acceptors (Lipinski definition) is 6. The number of aryl methyl sites for hydroxylation is 1. The van der Waals surface area contributed by atoms with Crippen molar-refractivity contribution in [3.63, 3.8) is 0 Å². The number of ether oxygens (including phenoxy) is 3. The van der Waals surface area contributed by atoms with Gasteiger partial charge >= 0.3 is 5.97 Å². The number of carbonyl (C=O) groups is 1. The quantitative estimate of drug-likeness (QED) is 0.528. The van der Waals surface area contributed by atoms with Gasteiger partial charge < -0.3 is 24.4 Å². The second-order valence-electron chi connectivity index (χ2n) is 10.4. The molecule has 192 valence electrons. The van der Waals surface area contributed by atoms with Crippen LogP contribution in [0.15, 0.2) is 48.1 Å². The van der Waals surface area contributed by atoms with Crippen molar-refractivity contribution in [3.8, 4) is 5.75 Å². The van der Waals surface area contributed by atoms with Crippen LogP contribution in [0.5, 0.6) is 5.75 Å². The summed E-state index contributed by atoms with van der Waals surface area (Å²) in [6, 6.07) is 7.66. The van der Waals surface area contributed by atoms with E-state index in [4.69, 9.17) is 14.2 Å². The molecule has 6 nitrogen and oxygen atoms in total. The smallest absolute Gasteiger partial charge is 0.347 e. The first-order valence-corrected chi connectivity index (χ1v) is 13.2. The van der Waals surface area contributed by atoms with Gasteiger partial charge in [-0.05, 0) is 74.1 Å². The molecule has 1 heterocycles. The predicted octanol–water partition coefficient (Wildman–Crippen LogP) is 4.51. The van der Waals surface area contributed by atoms with Crippen molar-refractivity contribution in [1.29, 1.82) is 0 Å². The van der Waals surface area contributed by atoms with Crippen molar-refractivity contribution < 1.29 is 29.2 Å². The van der Waals surface area contributed by atoms with Crippen molar-refractivity contribution in [2.24, 2.45) is 17.8 Å². The Morgan fingerprint density at radius 1 is 1.23 bits per heavy atom. The van der Waals surface area contributed by atoms with Crippen LogP contribution in [0.25, 0.3) is 0 Å². The van der Waals surface area contributed by atoms with Gasteiger partial charge in [0.05, 0.1) is 18.3 Å². The van der Waals surface area contributed by atoms with E-state index in [2.05, 4.69) is 19.1 Å². The zero-order chi connectivity index (χ0) is 24.9. The number of hydrogen-bond donors (Lipinski definition) is 2. The molecule has 3 aliphatic rings. The normalized spacial score (nSPS) is 33.4. The molecule has 2 aliphatic carbocycles.